The van der Waals surface area contributed by atoms with Gasteiger partial charge < -0.3 is 5.32 Å². The second kappa shape index (κ2) is 4.80. The summed E-state index contributed by atoms with van der Waals surface area (Å²) in [7, 11) is 0. The van der Waals surface area contributed by atoms with Gasteiger partial charge in [-0.3, -0.25) is 4.98 Å². The van der Waals surface area contributed by atoms with E-state index in [1.54, 1.807) is 18.3 Å². The van der Waals surface area contributed by atoms with Gasteiger partial charge in [0.15, 0.2) is 11.6 Å². The molecule has 1 aromatic heterocycles. The number of anilines is 2. The molecule has 0 aliphatic heterocycles. The number of benzene rings is 1. The SMILES string of the molecule is Cc1cncc(Nc2ccc(C#N)c(F)c2F)c1. The van der Waals surface area contributed by atoms with Crippen molar-refractivity contribution in [3.63, 3.8) is 0 Å². The van der Waals surface area contributed by atoms with Crippen LogP contribution in [0.25, 0.3) is 0 Å². The van der Waals surface area contributed by atoms with Gasteiger partial charge in [0.1, 0.15) is 6.07 Å². The van der Waals surface area contributed by atoms with Gasteiger partial charge in [0, 0.05) is 6.20 Å². The lowest BCUT2D eigenvalue weighted by Gasteiger charge is -2.08. The average Bonchev–Trinajstić information content (AvgIpc) is 2.35. The summed E-state index contributed by atoms with van der Waals surface area (Å²) in [6.07, 6.45) is 3.16. The number of rotatable bonds is 2. The second-order valence-corrected chi connectivity index (χ2v) is 3.78. The zero-order chi connectivity index (χ0) is 13.1. The van der Waals surface area contributed by atoms with E-state index in [0.717, 1.165) is 5.56 Å². The largest absolute Gasteiger partial charge is 0.352 e. The van der Waals surface area contributed by atoms with Crippen LogP contribution in [0.5, 0.6) is 0 Å². The van der Waals surface area contributed by atoms with Gasteiger partial charge >= 0.3 is 0 Å². The van der Waals surface area contributed by atoms with Crippen LogP contribution in [0.3, 0.4) is 0 Å². The lowest BCUT2D eigenvalue weighted by atomic mass is 10.2. The van der Waals surface area contributed by atoms with Crippen LogP contribution >= 0.6 is 0 Å². The van der Waals surface area contributed by atoms with Gasteiger partial charge in [-0.15, -0.1) is 0 Å². The molecular formula is C13H9F2N3. The summed E-state index contributed by atoms with van der Waals surface area (Å²) in [6, 6.07) is 5.88. The molecule has 0 bridgehead atoms. The minimum Gasteiger partial charge on any atom is -0.352 e. The van der Waals surface area contributed by atoms with Crippen LogP contribution in [-0.4, -0.2) is 4.98 Å². The molecule has 1 heterocycles. The maximum atomic E-state index is 13.6. The van der Waals surface area contributed by atoms with Gasteiger partial charge in [0.25, 0.3) is 0 Å². The van der Waals surface area contributed by atoms with Crippen LogP contribution in [-0.2, 0) is 0 Å². The van der Waals surface area contributed by atoms with Crippen LogP contribution < -0.4 is 5.32 Å². The van der Waals surface area contributed by atoms with Crippen molar-refractivity contribution in [2.75, 3.05) is 5.32 Å². The Morgan fingerprint density at radius 2 is 2.00 bits per heavy atom. The number of halogens is 2. The molecule has 0 aliphatic rings. The average molecular weight is 245 g/mol. The molecule has 0 saturated heterocycles. The van der Waals surface area contributed by atoms with Gasteiger partial charge in [0.2, 0.25) is 0 Å². The molecule has 2 rings (SSSR count). The molecule has 0 spiro atoms. The summed E-state index contributed by atoms with van der Waals surface area (Å²) < 4.78 is 27.0. The maximum Gasteiger partial charge on any atom is 0.183 e. The van der Waals surface area contributed by atoms with Gasteiger partial charge in [-0.05, 0) is 30.7 Å². The maximum absolute atomic E-state index is 13.6. The Hall–Kier alpha value is -2.48. The molecule has 0 fully saturated rings. The molecule has 0 radical (unpaired) electrons. The van der Waals surface area contributed by atoms with Crippen molar-refractivity contribution in [1.82, 2.24) is 4.98 Å². The van der Waals surface area contributed by atoms with Crippen LogP contribution in [0.15, 0.2) is 30.6 Å². The first-order valence-electron chi connectivity index (χ1n) is 5.18. The second-order valence-electron chi connectivity index (χ2n) is 3.78. The van der Waals surface area contributed by atoms with Gasteiger partial charge in [0.05, 0.1) is 23.1 Å². The minimum atomic E-state index is -1.15. The number of nitrogens with zero attached hydrogens (tertiary/aromatic N) is 2. The highest BCUT2D eigenvalue weighted by molar-refractivity contribution is 5.61. The van der Waals surface area contributed by atoms with E-state index in [2.05, 4.69) is 10.3 Å². The molecule has 90 valence electrons. The van der Waals surface area contributed by atoms with E-state index in [1.165, 1.54) is 18.3 Å². The van der Waals surface area contributed by atoms with Crippen molar-refractivity contribution in [3.05, 3.63) is 53.4 Å². The Bertz CT molecular complexity index is 633. The first kappa shape index (κ1) is 12.0. The Kier molecular flexibility index (Phi) is 3.20. The van der Waals surface area contributed by atoms with Crippen LogP contribution in [0.1, 0.15) is 11.1 Å². The summed E-state index contributed by atoms with van der Waals surface area (Å²) in [4.78, 5) is 3.94. The summed E-state index contributed by atoms with van der Waals surface area (Å²) in [5, 5.41) is 11.3. The minimum absolute atomic E-state index is 0.0288. The third-order valence-corrected chi connectivity index (χ3v) is 2.36. The molecule has 0 atom stereocenters. The van der Waals surface area contributed by atoms with Gasteiger partial charge in [-0.2, -0.15) is 5.26 Å². The van der Waals surface area contributed by atoms with E-state index >= 15 is 0 Å². The molecule has 1 N–H and O–H groups in total. The molecule has 18 heavy (non-hydrogen) atoms. The standard InChI is InChI=1S/C13H9F2N3/c1-8-4-10(7-17-6-8)18-11-3-2-9(5-16)12(14)13(11)15/h2-4,6-7,18H,1H3. The summed E-state index contributed by atoms with van der Waals surface area (Å²) in [5.41, 5.74) is 1.10. The van der Waals surface area contributed by atoms with Crippen LogP contribution in [0, 0.1) is 29.9 Å². The van der Waals surface area contributed by atoms with E-state index < -0.39 is 11.6 Å². The molecule has 0 saturated carbocycles. The number of aromatic nitrogens is 1. The highest BCUT2D eigenvalue weighted by Gasteiger charge is 2.13. The van der Waals surface area contributed by atoms with Crippen molar-refractivity contribution in [3.8, 4) is 6.07 Å². The van der Waals surface area contributed by atoms with Crippen molar-refractivity contribution in [2.45, 2.75) is 6.92 Å². The Balaban J connectivity index is 2.36. The Labute approximate surface area is 103 Å². The highest BCUT2D eigenvalue weighted by atomic mass is 19.2. The van der Waals surface area contributed by atoms with E-state index in [0.29, 0.717) is 5.69 Å². The molecule has 3 nitrogen and oxygen atoms in total. The molecule has 0 unspecified atom stereocenters. The summed E-state index contributed by atoms with van der Waals surface area (Å²) >= 11 is 0. The van der Waals surface area contributed by atoms with Crippen molar-refractivity contribution >= 4 is 11.4 Å². The summed E-state index contributed by atoms with van der Waals surface area (Å²) in [6.45, 7) is 1.84. The third-order valence-electron chi connectivity index (χ3n) is 2.36. The van der Waals surface area contributed by atoms with Gasteiger partial charge in [-0.1, -0.05) is 0 Å². The lowest BCUT2D eigenvalue weighted by molar-refractivity contribution is 0.509. The number of nitrogens with one attached hydrogen (secondary N) is 1. The number of hydrogen-bond donors (Lipinski definition) is 1. The number of aryl methyl sites for hydroxylation is 1. The van der Waals surface area contributed by atoms with Crippen molar-refractivity contribution in [1.29, 1.82) is 5.26 Å². The first-order valence-corrected chi connectivity index (χ1v) is 5.18. The zero-order valence-electron chi connectivity index (χ0n) is 9.54. The predicted molar refractivity (Wildman–Crippen MR) is 63.3 cm³/mol. The van der Waals surface area contributed by atoms with Crippen LogP contribution in [0.2, 0.25) is 0 Å². The molecular weight excluding hydrogens is 236 g/mol. The highest BCUT2D eigenvalue weighted by Crippen LogP contribution is 2.23. The van der Waals surface area contributed by atoms with Crippen molar-refractivity contribution < 1.29 is 8.78 Å². The monoisotopic (exact) mass is 245 g/mol. The summed E-state index contributed by atoms with van der Waals surface area (Å²) in [5.74, 6) is -2.22. The quantitative estimate of drug-likeness (QED) is 0.883. The Morgan fingerprint density at radius 1 is 1.22 bits per heavy atom. The molecule has 0 amide bonds. The fourth-order valence-electron chi connectivity index (χ4n) is 1.51. The normalized spacial score (nSPS) is 9.89. The predicted octanol–water partition coefficient (Wildman–Crippen LogP) is 3.28. The van der Waals surface area contributed by atoms with E-state index in [9.17, 15) is 8.78 Å². The zero-order valence-corrected chi connectivity index (χ0v) is 9.54. The smallest absolute Gasteiger partial charge is 0.183 e. The molecule has 0 aliphatic carbocycles. The van der Waals surface area contributed by atoms with Gasteiger partial charge in [-0.25, -0.2) is 8.78 Å². The third kappa shape index (κ3) is 2.28. The topological polar surface area (TPSA) is 48.7 Å². The lowest BCUT2D eigenvalue weighted by Crippen LogP contribution is -1.99. The fraction of sp³-hybridized carbons (Fsp3) is 0.0769. The van der Waals surface area contributed by atoms with E-state index in [1.807, 2.05) is 6.92 Å². The number of nitriles is 1. The van der Waals surface area contributed by atoms with Crippen molar-refractivity contribution in [2.24, 2.45) is 0 Å². The molecule has 5 heteroatoms. The van der Waals surface area contributed by atoms with E-state index in [4.69, 9.17) is 5.26 Å². The van der Waals surface area contributed by atoms with Crippen LogP contribution in [0.4, 0.5) is 20.2 Å². The fourth-order valence-corrected chi connectivity index (χ4v) is 1.51. The van der Waals surface area contributed by atoms with E-state index in [-0.39, 0.29) is 11.3 Å². The molecule has 1 aromatic carbocycles. The number of pyridine rings is 1. The number of hydrogen-bond acceptors (Lipinski definition) is 3. The Morgan fingerprint density at radius 3 is 2.67 bits per heavy atom. The first-order chi connectivity index (χ1) is 8.61. The molecule has 2 aromatic rings.